The molecule has 0 saturated carbocycles. The Bertz CT molecular complexity index is 786. The van der Waals surface area contributed by atoms with Gasteiger partial charge in [0.2, 0.25) is 0 Å². The maximum atomic E-state index is 13.6. The number of aryl methyl sites for hydroxylation is 1. The van der Waals surface area contributed by atoms with Crippen LogP contribution in [0.1, 0.15) is 27.2 Å². The van der Waals surface area contributed by atoms with Gasteiger partial charge in [0.15, 0.2) is 0 Å². The number of amides is 1. The number of nitrogens with zero attached hydrogens (tertiary/aromatic N) is 2. The Balaban J connectivity index is 1.83. The van der Waals surface area contributed by atoms with E-state index < -0.39 is 12.0 Å². The van der Waals surface area contributed by atoms with Crippen molar-refractivity contribution in [3.63, 3.8) is 0 Å². The molecular formula is C15H13FN2O5. The Morgan fingerprint density at radius 1 is 1.43 bits per heavy atom. The lowest BCUT2D eigenvalue weighted by Crippen LogP contribution is -2.35. The molecule has 0 unspecified atom stereocenters. The van der Waals surface area contributed by atoms with Crippen LogP contribution in [-0.4, -0.2) is 33.8 Å². The highest BCUT2D eigenvalue weighted by Gasteiger charge is 2.29. The molecule has 0 fully saturated rings. The molecule has 0 bridgehead atoms. The summed E-state index contributed by atoms with van der Waals surface area (Å²) in [5, 5.41) is 12.2. The van der Waals surface area contributed by atoms with E-state index in [1.807, 2.05) is 0 Å². The van der Waals surface area contributed by atoms with E-state index in [9.17, 15) is 14.0 Å². The van der Waals surface area contributed by atoms with Crippen LogP contribution in [0.2, 0.25) is 0 Å². The molecule has 0 saturated heterocycles. The summed E-state index contributed by atoms with van der Waals surface area (Å²) in [7, 11) is 0. The number of hydrogen-bond donors (Lipinski definition) is 1. The van der Waals surface area contributed by atoms with Gasteiger partial charge in [-0.3, -0.25) is 4.79 Å². The van der Waals surface area contributed by atoms with Crippen molar-refractivity contribution in [3.05, 3.63) is 46.5 Å². The monoisotopic (exact) mass is 320 g/mol. The second kappa shape index (κ2) is 5.71. The highest BCUT2D eigenvalue weighted by atomic mass is 19.1. The molecule has 1 aromatic heterocycles. The third-order valence-corrected chi connectivity index (χ3v) is 3.68. The number of ether oxygens (including phenoxy) is 1. The molecular weight excluding hydrogens is 307 g/mol. The first kappa shape index (κ1) is 15.0. The maximum Gasteiger partial charge on any atom is 0.512 e. The zero-order valence-corrected chi connectivity index (χ0v) is 12.2. The van der Waals surface area contributed by atoms with Crippen molar-refractivity contribution in [1.82, 2.24) is 10.1 Å². The minimum Gasteiger partial charge on any atom is -0.449 e. The molecule has 2 aromatic rings. The van der Waals surface area contributed by atoms with Gasteiger partial charge in [0, 0.05) is 18.5 Å². The summed E-state index contributed by atoms with van der Waals surface area (Å²) in [5.74, 6) is -0.481. The van der Waals surface area contributed by atoms with Gasteiger partial charge in [-0.25, -0.2) is 9.18 Å². The third kappa shape index (κ3) is 2.87. The molecule has 0 aliphatic carbocycles. The molecule has 8 heteroatoms. The molecule has 7 nitrogen and oxygen atoms in total. The van der Waals surface area contributed by atoms with Crippen LogP contribution in [0, 0.1) is 12.7 Å². The number of halogens is 1. The molecule has 3 rings (SSSR count). The lowest BCUT2D eigenvalue weighted by molar-refractivity contribution is 0.0728. The van der Waals surface area contributed by atoms with E-state index in [4.69, 9.17) is 9.63 Å². The average molecular weight is 320 g/mol. The number of carboxylic acid groups (broad SMARTS) is 1. The van der Waals surface area contributed by atoms with Gasteiger partial charge in [0.25, 0.3) is 11.8 Å². The lowest BCUT2D eigenvalue weighted by Gasteiger charge is -2.26. The van der Waals surface area contributed by atoms with Crippen LogP contribution >= 0.6 is 0 Å². The zero-order valence-electron chi connectivity index (χ0n) is 12.2. The van der Waals surface area contributed by atoms with Crippen molar-refractivity contribution >= 4 is 12.1 Å². The van der Waals surface area contributed by atoms with E-state index in [1.54, 1.807) is 13.0 Å². The molecule has 1 amide bonds. The van der Waals surface area contributed by atoms with Crippen LogP contribution in [-0.2, 0) is 13.0 Å². The van der Waals surface area contributed by atoms with E-state index in [0.717, 1.165) is 0 Å². The van der Waals surface area contributed by atoms with Gasteiger partial charge >= 0.3 is 6.16 Å². The van der Waals surface area contributed by atoms with E-state index in [0.29, 0.717) is 29.9 Å². The van der Waals surface area contributed by atoms with E-state index in [2.05, 4.69) is 9.89 Å². The molecule has 120 valence electrons. The fourth-order valence-electron chi connectivity index (χ4n) is 2.43. The number of benzene rings is 1. The van der Waals surface area contributed by atoms with Crippen LogP contribution < -0.4 is 4.74 Å². The van der Waals surface area contributed by atoms with Crippen molar-refractivity contribution in [2.45, 2.75) is 19.9 Å². The average Bonchev–Trinajstić information content (AvgIpc) is 2.91. The summed E-state index contributed by atoms with van der Waals surface area (Å²) in [6.07, 6.45) is -1.13. The Morgan fingerprint density at radius 3 is 2.91 bits per heavy atom. The van der Waals surface area contributed by atoms with Crippen molar-refractivity contribution in [1.29, 1.82) is 0 Å². The number of carbonyl (C=O) groups is 2. The summed E-state index contributed by atoms with van der Waals surface area (Å²) in [5.41, 5.74) is 1.10. The first-order valence-electron chi connectivity index (χ1n) is 6.89. The second-order valence-electron chi connectivity index (χ2n) is 5.20. The van der Waals surface area contributed by atoms with E-state index in [-0.39, 0.29) is 23.9 Å². The quantitative estimate of drug-likeness (QED) is 0.854. The highest BCUT2D eigenvalue weighted by Crippen LogP contribution is 2.28. The number of hydrogen-bond acceptors (Lipinski definition) is 5. The van der Waals surface area contributed by atoms with Gasteiger partial charge in [0.1, 0.15) is 11.6 Å². The molecule has 0 atom stereocenters. The highest BCUT2D eigenvalue weighted by molar-refractivity contribution is 5.94. The molecule has 1 aliphatic heterocycles. The van der Waals surface area contributed by atoms with E-state index in [1.165, 1.54) is 17.0 Å². The maximum absolute atomic E-state index is 13.6. The normalized spacial score (nSPS) is 13.6. The van der Waals surface area contributed by atoms with Gasteiger partial charge in [-0.15, -0.1) is 0 Å². The molecule has 1 N–H and O–H groups in total. The standard InChI is InChI=1S/C15H13FN2O5/c1-8-2-3-9(6-11(8)16)14(19)18-5-4-12-10(7-18)13(17-23-12)22-15(20)21/h2-3,6H,4-5,7H2,1H3,(H,20,21). The first-order valence-corrected chi connectivity index (χ1v) is 6.89. The van der Waals surface area contributed by atoms with Gasteiger partial charge in [-0.05, 0) is 29.8 Å². The van der Waals surface area contributed by atoms with Crippen molar-refractivity contribution < 1.29 is 28.3 Å². The van der Waals surface area contributed by atoms with Crippen molar-refractivity contribution in [3.8, 4) is 5.88 Å². The van der Waals surface area contributed by atoms with Crippen LogP contribution in [0.4, 0.5) is 9.18 Å². The largest absolute Gasteiger partial charge is 0.512 e. The summed E-state index contributed by atoms with van der Waals surface area (Å²) in [6.45, 7) is 2.07. The first-order chi connectivity index (χ1) is 11.0. The van der Waals surface area contributed by atoms with Crippen LogP contribution in [0.5, 0.6) is 5.88 Å². The van der Waals surface area contributed by atoms with Gasteiger partial charge in [-0.1, -0.05) is 6.07 Å². The van der Waals surface area contributed by atoms with Gasteiger partial charge in [0.05, 0.1) is 12.1 Å². The SMILES string of the molecule is Cc1ccc(C(=O)N2CCc3onc(OC(=O)O)c3C2)cc1F. The smallest absolute Gasteiger partial charge is 0.449 e. The minimum atomic E-state index is -1.51. The predicted octanol–water partition coefficient (Wildman–Crippen LogP) is 2.38. The van der Waals surface area contributed by atoms with Crippen LogP contribution in [0.25, 0.3) is 0 Å². The number of aromatic nitrogens is 1. The second-order valence-corrected chi connectivity index (χ2v) is 5.20. The van der Waals surface area contributed by atoms with Crippen molar-refractivity contribution in [2.75, 3.05) is 6.54 Å². The van der Waals surface area contributed by atoms with E-state index >= 15 is 0 Å². The fraction of sp³-hybridized carbons (Fsp3) is 0.267. The van der Waals surface area contributed by atoms with Gasteiger partial charge < -0.3 is 19.3 Å². The summed E-state index contributed by atoms with van der Waals surface area (Å²) in [6, 6.07) is 4.28. The molecule has 0 spiro atoms. The van der Waals surface area contributed by atoms with Gasteiger partial charge in [-0.2, -0.15) is 0 Å². The summed E-state index contributed by atoms with van der Waals surface area (Å²) in [4.78, 5) is 24.6. The van der Waals surface area contributed by atoms with Crippen LogP contribution in [0.3, 0.4) is 0 Å². The predicted molar refractivity (Wildman–Crippen MR) is 74.7 cm³/mol. The third-order valence-electron chi connectivity index (χ3n) is 3.68. The molecule has 0 radical (unpaired) electrons. The molecule has 1 aliphatic rings. The summed E-state index contributed by atoms with van der Waals surface area (Å²) < 4.78 is 23.2. The Morgan fingerprint density at radius 2 is 2.22 bits per heavy atom. The molecule has 1 aromatic carbocycles. The Labute approximate surface area is 130 Å². The minimum absolute atomic E-state index is 0.0930. The zero-order chi connectivity index (χ0) is 16.6. The summed E-state index contributed by atoms with van der Waals surface area (Å²) >= 11 is 0. The molecule has 23 heavy (non-hydrogen) atoms. The number of fused-ring (bicyclic) bond motifs is 1. The topological polar surface area (TPSA) is 92.9 Å². The number of carbonyl (C=O) groups excluding carboxylic acids is 1. The Hall–Kier alpha value is -2.90. The lowest BCUT2D eigenvalue weighted by atomic mass is 10.1. The number of rotatable bonds is 2. The Kier molecular flexibility index (Phi) is 3.73. The molecule has 2 heterocycles. The van der Waals surface area contributed by atoms with Crippen molar-refractivity contribution in [2.24, 2.45) is 0 Å². The fourth-order valence-corrected chi connectivity index (χ4v) is 2.43. The van der Waals surface area contributed by atoms with Crippen LogP contribution in [0.15, 0.2) is 22.7 Å².